The van der Waals surface area contributed by atoms with E-state index in [1.54, 1.807) is 0 Å². The van der Waals surface area contributed by atoms with Gasteiger partial charge in [0.1, 0.15) is 0 Å². The molecule has 0 aromatic heterocycles. The zero-order valence-electron chi connectivity index (χ0n) is 19.6. The molecule has 0 fully saturated rings. The first-order chi connectivity index (χ1) is 15.1. The molecule has 0 unspecified atom stereocenters. The second kappa shape index (κ2) is 17.7. The summed E-state index contributed by atoms with van der Waals surface area (Å²) in [6.45, 7) is 4.36. The highest BCUT2D eigenvalue weighted by atomic mass is 19.1. The Morgan fingerprint density at radius 3 is 1.65 bits per heavy atom. The zero-order valence-corrected chi connectivity index (χ0v) is 19.6. The average molecular weight is 437 g/mol. The van der Waals surface area contributed by atoms with Crippen LogP contribution in [0.3, 0.4) is 0 Å². The van der Waals surface area contributed by atoms with Gasteiger partial charge in [0, 0.05) is 12.8 Å². The van der Waals surface area contributed by atoms with Crippen LogP contribution in [0.25, 0.3) is 0 Å². The predicted molar refractivity (Wildman–Crippen MR) is 123 cm³/mol. The Morgan fingerprint density at radius 2 is 1.13 bits per heavy atom. The van der Waals surface area contributed by atoms with E-state index in [4.69, 9.17) is 9.47 Å². The molecule has 0 N–H and O–H groups in total. The van der Waals surface area contributed by atoms with E-state index in [0.29, 0.717) is 6.42 Å². The molecule has 0 saturated heterocycles. The molecule has 5 heteroatoms. The summed E-state index contributed by atoms with van der Waals surface area (Å²) in [5, 5.41) is 0. The fourth-order valence-electron chi connectivity index (χ4n) is 3.46. The smallest absolute Gasteiger partial charge is 0.311 e. The van der Waals surface area contributed by atoms with Crippen LogP contribution in [-0.4, -0.2) is 11.9 Å². The quantitative estimate of drug-likeness (QED) is 0.133. The lowest BCUT2D eigenvalue weighted by Gasteiger charge is -2.11. The third kappa shape index (κ3) is 13.2. The molecule has 0 aliphatic heterocycles. The molecular formula is C26H41FO4. The normalized spacial score (nSPS) is 10.8. The highest BCUT2D eigenvalue weighted by Crippen LogP contribution is 2.31. The third-order valence-corrected chi connectivity index (χ3v) is 5.34. The van der Waals surface area contributed by atoms with Crippen molar-refractivity contribution >= 4 is 11.9 Å². The lowest BCUT2D eigenvalue weighted by atomic mass is 10.1. The molecule has 1 aromatic rings. The summed E-state index contributed by atoms with van der Waals surface area (Å²) in [5.74, 6) is -1.94. The van der Waals surface area contributed by atoms with Crippen molar-refractivity contribution in [1.29, 1.82) is 0 Å². The lowest BCUT2D eigenvalue weighted by molar-refractivity contribution is -0.137. The van der Waals surface area contributed by atoms with Crippen molar-refractivity contribution < 1.29 is 23.5 Å². The van der Waals surface area contributed by atoms with Crippen molar-refractivity contribution in [2.24, 2.45) is 0 Å². The van der Waals surface area contributed by atoms with Crippen LogP contribution in [0.5, 0.6) is 11.5 Å². The van der Waals surface area contributed by atoms with Crippen LogP contribution in [0.15, 0.2) is 18.2 Å². The summed E-state index contributed by atoms with van der Waals surface area (Å²) in [4.78, 5) is 24.3. The fourth-order valence-corrected chi connectivity index (χ4v) is 3.46. The van der Waals surface area contributed by atoms with E-state index in [0.717, 1.165) is 32.1 Å². The van der Waals surface area contributed by atoms with Crippen LogP contribution in [0.1, 0.15) is 117 Å². The molecule has 176 valence electrons. The number of benzene rings is 1. The maximum atomic E-state index is 14.2. The van der Waals surface area contributed by atoms with Gasteiger partial charge >= 0.3 is 11.9 Å². The van der Waals surface area contributed by atoms with Gasteiger partial charge < -0.3 is 9.47 Å². The molecule has 0 amide bonds. The highest BCUT2D eigenvalue weighted by molar-refractivity contribution is 5.76. The topological polar surface area (TPSA) is 52.6 Å². The van der Waals surface area contributed by atoms with Crippen LogP contribution in [0.2, 0.25) is 0 Å². The van der Waals surface area contributed by atoms with E-state index in [1.165, 1.54) is 69.6 Å². The Labute approximate surface area is 187 Å². The number of carbonyl (C=O) groups excluding carboxylic acids is 2. The van der Waals surface area contributed by atoms with E-state index in [1.807, 2.05) is 0 Å². The van der Waals surface area contributed by atoms with E-state index in [-0.39, 0.29) is 24.3 Å². The molecule has 0 atom stereocenters. The first kappa shape index (κ1) is 27.1. The standard InChI is InChI=1S/C26H41FO4/c1-3-5-7-9-11-13-15-20-24(28)30-23-19-17-18-22(27)26(23)31-25(29)21-16-14-12-10-8-6-4-2/h17-19H,3-16,20-21H2,1-2H3. The average Bonchev–Trinajstić information content (AvgIpc) is 2.75. The number of hydrogen-bond donors (Lipinski definition) is 0. The minimum Gasteiger partial charge on any atom is -0.422 e. The van der Waals surface area contributed by atoms with Crippen molar-refractivity contribution in [3.8, 4) is 11.5 Å². The molecule has 0 bridgehead atoms. The third-order valence-electron chi connectivity index (χ3n) is 5.34. The minimum absolute atomic E-state index is 0.0270. The van der Waals surface area contributed by atoms with E-state index < -0.39 is 17.8 Å². The summed E-state index contributed by atoms with van der Waals surface area (Å²) in [6, 6.07) is 4.10. The first-order valence-electron chi connectivity index (χ1n) is 12.3. The molecule has 0 spiro atoms. The number of para-hydroxylation sites is 1. The number of hydrogen-bond acceptors (Lipinski definition) is 4. The monoisotopic (exact) mass is 436 g/mol. The molecular weight excluding hydrogens is 395 g/mol. The Morgan fingerprint density at radius 1 is 0.677 bits per heavy atom. The van der Waals surface area contributed by atoms with Crippen molar-refractivity contribution in [2.75, 3.05) is 0 Å². The van der Waals surface area contributed by atoms with Gasteiger partial charge in [-0.1, -0.05) is 97.0 Å². The minimum atomic E-state index is -0.700. The molecule has 0 aliphatic rings. The molecule has 0 aliphatic carbocycles. The van der Waals surface area contributed by atoms with Crippen LogP contribution in [0, 0.1) is 5.82 Å². The van der Waals surface area contributed by atoms with Crippen LogP contribution in [0.4, 0.5) is 4.39 Å². The number of unbranched alkanes of at least 4 members (excludes halogenated alkanes) is 12. The van der Waals surface area contributed by atoms with Crippen LogP contribution < -0.4 is 9.47 Å². The van der Waals surface area contributed by atoms with Gasteiger partial charge in [-0.25, -0.2) is 4.39 Å². The van der Waals surface area contributed by atoms with Gasteiger partial charge in [-0.2, -0.15) is 0 Å². The number of carbonyl (C=O) groups is 2. The molecule has 0 radical (unpaired) electrons. The molecule has 1 rings (SSSR count). The zero-order chi connectivity index (χ0) is 22.7. The van der Waals surface area contributed by atoms with Gasteiger partial charge in [0.15, 0.2) is 11.6 Å². The van der Waals surface area contributed by atoms with Crippen molar-refractivity contribution in [1.82, 2.24) is 0 Å². The molecule has 0 heterocycles. The Balaban J connectivity index is 2.37. The van der Waals surface area contributed by atoms with Gasteiger partial charge in [-0.3, -0.25) is 9.59 Å². The van der Waals surface area contributed by atoms with Gasteiger partial charge in [0.2, 0.25) is 5.75 Å². The van der Waals surface area contributed by atoms with Gasteiger partial charge in [-0.15, -0.1) is 0 Å². The summed E-state index contributed by atoms with van der Waals surface area (Å²) in [6.07, 6.45) is 15.8. The fraction of sp³-hybridized carbons (Fsp3) is 0.692. The van der Waals surface area contributed by atoms with Gasteiger partial charge in [-0.05, 0) is 25.0 Å². The summed E-state index contributed by atoms with van der Waals surface area (Å²) < 4.78 is 24.7. The number of rotatable bonds is 18. The van der Waals surface area contributed by atoms with Crippen LogP contribution in [-0.2, 0) is 9.59 Å². The van der Waals surface area contributed by atoms with Crippen molar-refractivity contribution in [2.45, 2.75) is 117 Å². The summed E-state index contributed by atoms with van der Waals surface area (Å²) >= 11 is 0. The lowest BCUT2D eigenvalue weighted by Crippen LogP contribution is -2.13. The molecule has 4 nitrogen and oxygen atoms in total. The molecule has 0 saturated carbocycles. The maximum absolute atomic E-state index is 14.2. The maximum Gasteiger partial charge on any atom is 0.311 e. The summed E-state index contributed by atoms with van der Waals surface area (Å²) in [7, 11) is 0. The van der Waals surface area contributed by atoms with E-state index >= 15 is 0 Å². The first-order valence-corrected chi connectivity index (χ1v) is 12.3. The predicted octanol–water partition coefficient (Wildman–Crippen LogP) is 7.92. The Hall–Kier alpha value is -1.91. The van der Waals surface area contributed by atoms with Gasteiger partial charge in [0.25, 0.3) is 0 Å². The van der Waals surface area contributed by atoms with Crippen molar-refractivity contribution in [3.63, 3.8) is 0 Å². The Bertz CT molecular complexity index is 630. The molecule has 31 heavy (non-hydrogen) atoms. The second-order valence-corrected chi connectivity index (χ2v) is 8.26. The number of halogens is 1. The highest BCUT2D eigenvalue weighted by Gasteiger charge is 2.18. The van der Waals surface area contributed by atoms with Gasteiger partial charge in [0.05, 0.1) is 0 Å². The largest absolute Gasteiger partial charge is 0.422 e. The van der Waals surface area contributed by atoms with E-state index in [9.17, 15) is 14.0 Å². The van der Waals surface area contributed by atoms with E-state index in [2.05, 4.69) is 13.8 Å². The number of ether oxygens (including phenoxy) is 2. The Kier molecular flexibility index (Phi) is 15.5. The second-order valence-electron chi connectivity index (χ2n) is 8.26. The van der Waals surface area contributed by atoms with Crippen molar-refractivity contribution in [3.05, 3.63) is 24.0 Å². The SMILES string of the molecule is CCCCCCCCCC(=O)Oc1cccc(F)c1OC(=O)CCCCCCCCC. The number of esters is 2. The van der Waals surface area contributed by atoms with Crippen LogP contribution >= 0.6 is 0 Å². The summed E-state index contributed by atoms with van der Waals surface area (Å²) in [5.41, 5.74) is 0. The molecule has 1 aromatic carbocycles.